The summed E-state index contributed by atoms with van der Waals surface area (Å²) in [6, 6.07) is 10.1. The first-order valence-electron chi connectivity index (χ1n) is 7.72. The topological polar surface area (TPSA) is 58.4 Å². The molecule has 23 heavy (non-hydrogen) atoms. The predicted octanol–water partition coefficient (Wildman–Crippen LogP) is 3.51. The number of pyridine rings is 1. The molecule has 0 saturated carbocycles. The third-order valence-corrected chi connectivity index (χ3v) is 4.33. The number of hydrogen-bond acceptors (Lipinski definition) is 5. The zero-order chi connectivity index (χ0) is 15.8. The number of nitrogens with zero attached hydrogens (tertiary/aromatic N) is 5. The molecule has 1 atom stereocenters. The van der Waals surface area contributed by atoms with Gasteiger partial charge in [-0.15, -0.1) is 0 Å². The molecule has 3 aromatic heterocycles. The molecule has 0 spiro atoms. The summed E-state index contributed by atoms with van der Waals surface area (Å²) in [5, 5.41) is 7.85. The van der Waals surface area contributed by atoms with E-state index in [1.165, 1.54) is 12.8 Å². The van der Waals surface area contributed by atoms with Crippen LogP contribution < -0.4 is 10.2 Å². The molecule has 1 aliphatic rings. The molecule has 1 unspecified atom stereocenters. The Morgan fingerprint density at radius 1 is 1.17 bits per heavy atom. The molecule has 1 N–H and O–H groups in total. The van der Waals surface area contributed by atoms with Crippen molar-refractivity contribution < 1.29 is 0 Å². The zero-order valence-corrected chi connectivity index (χ0v) is 13.5. The van der Waals surface area contributed by atoms with E-state index in [0.29, 0.717) is 17.0 Å². The smallest absolute Gasteiger partial charge is 0.156 e. The molecular weight excluding hydrogens is 312 g/mol. The molecule has 1 fully saturated rings. The van der Waals surface area contributed by atoms with Crippen LogP contribution in [-0.2, 0) is 0 Å². The van der Waals surface area contributed by atoms with Crippen molar-refractivity contribution in [2.75, 3.05) is 16.8 Å². The fourth-order valence-electron chi connectivity index (χ4n) is 2.98. The largest absolute Gasteiger partial charge is 0.354 e. The maximum atomic E-state index is 5.90. The number of aromatic nitrogens is 4. The molecule has 0 amide bonds. The second-order valence-electron chi connectivity index (χ2n) is 5.78. The molecule has 0 aliphatic carbocycles. The molecule has 6 nitrogen and oxygen atoms in total. The summed E-state index contributed by atoms with van der Waals surface area (Å²) >= 11 is 5.90. The SMILES string of the molecule is CC1CCCN1c1cccc(Nc2cn3nc(Cl)ccc3n2)n1. The highest BCUT2D eigenvalue weighted by Crippen LogP contribution is 2.25. The monoisotopic (exact) mass is 328 g/mol. The zero-order valence-electron chi connectivity index (χ0n) is 12.8. The highest BCUT2D eigenvalue weighted by Gasteiger charge is 2.21. The van der Waals surface area contributed by atoms with Gasteiger partial charge in [-0.05, 0) is 44.0 Å². The minimum Gasteiger partial charge on any atom is -0.354 e. The van der Waals surface area contributed by atoms with E-state index in [1.807, 2.05) is 18.2 Å². The van der Waals surface area contributed by atoms with Crippen LogP contribution in [0.15, 0.2) is 36.5 Å². The van der Waals surface area contributed by atoms with Gasteiger partial charge in [0, 0.05) is 12.6 Å². The summed E-state index contributed by atoms with van der Waals surface area (Å²) in [6.45, 7) is 3.31. The van der Waals surface area contributed by atoms with E-state index in [0.717, 1.165) is 23.8 Å². The van der Waals surface area contributed by atoms with Crippen molar-refractivity contribution in [2.24, 2.45) is 0 Å². The summed E-state index contributed by atoms with van der Waals surface area (Å²) in [5.74, 6) is 2.47. The van der Waals surface area contributed by atoms with Crippen LogP contribution in [0.3, 0.4) is 0 Å². The molecule has 7 heteroatoms. The molecular formula is C16H17ClN6. The Morgan fingerprint density at radius 2 is 2.09 bits per heavy atom. The maximum absolute atomic E-state index is 5.90. The first kappa shape index (κ1) is 14.3. The van der Waals surface area contributed by atoms with Gasteiger partial charge in [0.05, 0.1) is 6.20 Å². The summed E-state index contributed by atoms with van der Waals surface area (Å²) in [5.41, 5.74) is 0.737. The van der Waals surface area contributed by atoms with Crippen molar-refractivity contribution in [3.63, 3.8) is 0 Å². The fraction of sp³-hybridized carbons (Fsp3) is 0.312. The predicted molar refractivity (Wildman–Crippen MR) is 91.6 cm³/mol. The van der Waals surface area contributed by atoms with Gasteiger partial charge >= 0.3 is 0 Å². The molecule has 4 heterocycles. The van der Waals surface area contributed by atoms with Gasteiger partial charge in [0.15, 0.2) is 11.5 Å². The summed E-state index contributed by atoms with van der Waals surface area (Å²) in [6.07, 6.45) is 4.24. The van der Waals surface area contributed by atoms with Gasteiger partial charge in [-0.1, -0.05) is 17.7 Å². The summed E-state index contributed by atoms with van der Waals surface area (Å²) in [7, 11) is 0. The van der Waals surface area contributed by atoms with E-state index >= 15 is 0 Å². The highest BCUT2D eigenvalue weighted by atomic mass is 35.5. The lowest BCUT2D eigenvalue weighted by atomic mass is 10.2. The number of hydrogen-bond donors (Lipinski definition) is 1. The van der Waals surface area contributed by atoms with Crippen LogP contribution in [0.5, 0.6) is 0 Å². The quantitative estimate of drug-likeness (QED) is 0.797. The van der Waals surface area contributed by atoms with Crippen LogP contribution in [0.1, 0.15) is 19.8 Å². The van der Waals surface area contributed by atoms with Crippen LogP contribution in [-0.4, -0.2) is 32.2 Å². The van der Waals surface area contributed by atoms with Gasteiger partial charge in [0.1, 0.15) is 16.8 Å². The van der Waals surface area contributed by atoms with E-state index in [-0.39, 0.29) is 0 Å². The van der Waals surface area contributed by atoms with Crippen molar-refractivity contribution >= 4 is 34.7 Å². The average Bonchev–Trinajstić information content (AvgIpc) is 3.12. The standard InChI is InChI=1S/C16H17ClN6/c1-11-4-3-9-22(11)15-6-2-5-13(19-15)18-14-10-23-16(20-14)8-7-12(17)21-23/h2,5-8,10-11H,3-4,9H2,1H3,(H,18,19). The van der Waals surface area contributed by atoms with Crippen LogP contribution in [0.2, 0.25) is 5.15 Å². The highest BCUT2D eigenvalue weighted by molar-refractivity contribution is 6.29. The van der Waals surface area contributed by atoms with Crippen LogP contribution in [0.25, 0.3) is 5.65 Å². The minimum absolute atomic E-state index is 0.435. The van der Waals surface area contributed by atoms with Gasteiger partial charge < -0.3 is 10.2 Å². The molecule has 4 rings (SSSR count). The Bertz CT molecular complexity index is 845. The van der Waals surface area contributed by atoms with E-state index in [4.69, 9.17) is 16.6 Å². The van der Waals surface area contributed by atoms with Crippen molar-refractivity contribution in [2.45, 2.75) is 25.8 Å². The van der Waals surface area contributed by atoms with Gasteiger partial charge in [0.25, 0.3) is 0 Å². The Hall–Kier alpha value is -2.34. The van der Waals surface area contributed by atoms with Crippen LogP contribution in [0, 0.1) is 0 Å². The lowest BCUT2D eigenvalue weighted by molar-refractivity contribution is 0.727. The van der Waals surface area contributed by atoms with E-state index < -0.39 is 0 Å². The second-order valence-corrected chi connectivity index (χ2v) is 6.16. The number of nitrogens with one attached hydrogen (secondary N) is 1. The van der Waals surface area contributed by atoms with Crippen molar-refractivity contribution in [1.82, 2.24) is 19.6 Å². The molecule has 0 radical (unpaired) electrons. The first-order valence-corrected chi connectivity index (χ1v) is 8.09. The molecule has 1 aliphatic heterocycles. The van der Waals surface area contributed by atoms with Gasteiger partial charge in [0.2, 0.25) is 0 Å². The van der Waals surface area contributed by atoms with Crippen LogP contribution in [0.4, 0.5) is 17.5 Å². The third-order valence-electron chi connectivity index (χ3n) is 4.13. The average molecular weight is 329 g/mol. The Kier molecular flexibility index (Phi) is 3.53. The number of anilines is 3. The minimum atomic E-state index is 0.435. The lowest BCUT2D eigenvalue weighted by Gasteiger charge is -2.22. The number of halogens is 1. The summed E-state index contributed by atoms with van der Waals surface area (Å²) < 4.78 is 1.65. The van der Waals surface area contributed by atoms with Gasteiger partial charge in [-0.25, -0.2) is 14.5 Å². The lowest BCUT2D eigenvalue weighted by Crippen LogP contribution is -2.27. The number of fused-ring (bicyclic) bond motifs is 1. The number of rotatable bonds is 3. The van der Waals surface area contributed by atoms with Crippen molar-refractivity contribution in [3.05, 3.63) is 41.7 Å². The first-order chi connectivity index (χ1) is 11.2. The van der Waals surface area contributed by atoms with Gasteiger partial charge in [-0.3, -0.25) is 0 Å². The van der Waals surface area contributed by atoms with Crippen LogP contribution >= 0.6 is 11.6 Å². The fourth-order valence-corrected chi connectivity index (χ4v) is 3.12. The van der Waals surface area contributed by atoms with E-state index in [1.54, 1.807) is 16.8 Å². The van der Waals surface area contributed by atoms with E-state index in [2.05, 4.69) is 33.3 Å². The Balaban J connectivity index is 1.60. The molecule has 3 aromatic rings. The molecule has 0 bridgehead atoms. The second kappa shape index (κ2) is 5.70. The van der Waals surface area contributed by atoms with Crippen molar-refractivity contribution in [1.29, 1.82) is 0 Å². The Labute approximate surface area is 139 Å². The van der Waals surface area contributed by atoms with Crippen molar-refractivity contribution in [3.8, 4) is 0 Å². The normalized spacial score (nSPS) is 17.8. The molecule has 0 aromatic carbocycles. The van der Waals surface area contributed by atoms with Gasteiger partial charge in [-0.2, -0.15) is 5.10 Å². The Morgan fingerprint density at radius 3 is 2.91 bits per heavy atom. The van der Waals surface area contributed by atoms with E-state index in [9.17, 15) is 0 Å². The molecule has 118 valence electrons. The maximum Gasteiger partial charge on any atom is 0.156 e. The summed E-state index contributed by atoms with van der Waals surface area (Å²) in [4.78, 5) is 11.5. The third kappa shape index (κ3) is 2.82. The number of imidazole rings is 1. The molecule has 1 saturated heterocycles.